The van der Waals surface area contributed by atoms with Gasteiger partial charge in [0.05, 0.1) is 11.1 Å². The van der Waals surface area contributed by atoms with E-state index >= 15 is 0 Å². The Morgan fingerprint density at radius 3 is 2.67 bits per heavy atom. The van der Waals surface area contributed by atoms with Crippen LogP contribution in [0.25, 0.3) is 10.9 Å². The van der Waals surface area contributed by atoms with Crippen LogP contribution in [0.4, 0.5) is 4.39 Å². The highest BCUT2D eigenvalue weighted by atomic mass is 19.1. The molecule has 0 atom stereocenters. The summed E-state index contributed by atoms with van der Waals surface area (Å²) in [6.07, 6.45) is 0. The standard InChI is InChI=1S/C17H11FN2O/c18-15-7-3-1-5-12(15)11-21-17-9-13(10-19)14-6-2-4-8-16(14)20-17/h1-9H,11H2. The Balaban J connectivity index is 1.91. The summed E-state index contributed by atoms with van der Waals surface area (Å²) in [6, 6.07) is 17.4. The zero-order valence-electron chi connectivity index (χ0n) is 11.1. The summed E-state index contributed by atoms with van der Waals surface area (Å²) >= 11 is 0. The number of hydrogen-bond donors (Lipinski definition) is 0. The molecule has 0 radical (unpaired) electrons. The number of hydrogen-bond acceptors (Lipinski definition) is 3. The van der Waals surface area contributed by atoms with E-state index in [4.69, 9.17) is 4.74 Å². The first-order valence-corrected chi connectivity index (χ1v) is 6.44. The minimum Gasteiger partial charge on any atom is -0.473 e. The molecule has 3 nitrogen and oxygen atoms in total. The lowest BCUT2D eigenvalue weighted by molar-refractivity contribution is 0.289. The van der Waals surface area contributed by atoms with E-state index in [-0.39, 0.29) is 12.4 Å². The van der Waals surface area contributed by atoms with E-state index < -0.39 is 0 Å². The van der Waals surface area contributed by atoms with Gasteiger partial charge in [0.25, 0.3) is 0 Å². The Hall–Kier alpha value is -2.93. The van der Waals surface area contributed by atoms with E-state index in [0.29, 0.717) is 22.5 Å². The Kier molecular flexibility index (Phi) is 3.48. The Bertz CT molecular complexity index is 840. The van der Waals surface area contributed by atoms with Gasteiger partial charge in [0.15, 0.2) is 0 Å². The fraction of sp³-hybridized carbons (Fsp3) is 0.0588. The maximum atomic E-state index is 13.5. The monoisotopic (exact) mass is 278 g/mol. The van der Waals surface area contributed by atoms with E-state index in [9.17, 15) is 9.65 Å². The van der Waals surface area contributed by atoms with E-state index in [1.54, 1.807) is 24.3 Å². The van der Waals surface area contributed by atoms with E-state index in [1.807, 2.05) is 24.3 Å². The zero-order chi connectivity index (χ0) is 14.7. The van der Waals surface area contributed by atoms with Gasteiger partial charge >= 0.3 is 0 Å². The molecule has 1 heterocycles. The third-order valence-corrected chi connectivity index (χ3v) is 3.15. The number of ether oxygens (including phenoxy) is 1. The summed E-state index contributed by atoms with van der Waals surface area (Å²) in [7, 11) is 0. The number of fused-ring (bicyclic) bond motifs is 1. The first kappa shape index (κ1) is 13.1. The number of aromatic nitrogens is 1. The lowest BCUT2D eigenvalue weighted by Gasteiger charge is -2.08. The predicted octanol–water partition coefficient (Wildman–Crippen LogP) is 3.82. The third-order valence-electron chi connectivity index (χ3n) is 3.15. The molecule has 0 aliphatic carbocycles. The molecule has 0 fully saturated rings. The Morgan fingerprint density at radius 2 is 1.86 bits per heavy atom. The van der Waals surface area contributed by atoms with Gasteiger partial charge in [0.2, 0.25) is 5.88 Å². The minimum absolute atomic E-state index is 0.0723. The average Bonchev–Trinajstić information content (AvgIpc) is 2.53. The lowest BCUT2D eigenvalue weighted by atomic mass is 10.1. The molecule has 0 N–H and O–H groups in total. The highest BCUT2D eigenvalue weighted by Gasteiger charge is 2.07. The predicted molar refractivity (Wildman–Crippen MR) is 77.2 cm³/mol. The molecule has 2 aromatic carbocycles. The molecule has 0 saturated heterocycles. The highest BCUT2D eigenvalue weighted by Crippen LogP contribution is 2.22. The second-order valence-electron chi connectivity index (χ2n) is 4.52. The number of benzene rings is 2. The summed E-state index contributed by atoms with van der Waals surface area (Å²) < 4.78 is 19.1. The molecule has 0 aliphatic rings. The van der Waals surface area contributed by atoms with Crippen molar-refractivity contribution in [2.75, 3.05) is 0 Å². The van der Waals surface area contributed by atoms with Crippen LogP contribution in [-0.4, -0.2) is 4.98 Å². The van der Waals surface area contributed by atoms with Gasteiger partial charge < -0.3 is 4.74 Å². The zero-order valence-corrected chi connectivity index (χ0v) is 11.1. The summed E-state index contributed by atoms with van der Waals surface area (Å²) in [6.45, 7) is 0.0723. The van der Waals surface area contributed by atoms with Crippen LogP contribution < -0.4 is 4.74 Å². The summed E-state index contributed by atoms with van der Waals surface area (Å²) in [5, 5.41) is 9.97. The van der Waals surface area contributed by atoms with Gasteiger partial charge in [0.1, 0.15) is 18.5 Å². The molecule has 0 unspecified atom stereocenters. The average molecular weight is 278 g/mol. The molecule has 0 bridgehead atoms. The van der Waals surface area contributed by atoms with Gasteiger partial charge in [-0.1, -0.05) is 36.4 Å². The quantitative estimate of drug-likeness (QED) is 0.731. The van der Waals surface area contributed by atoms with Crippen LogP contribution in [0.5, 0.6) is 5.88 Å². The van der Waals surface area contributed by atoms with Crippen molar-refractivity contribution in [3.8, 4) is 11.9 Å². The van der Waals surface area contributed by atoms with Crippen molar-refractivity contribution in [2.24, 2.45) is 0 Å². The molecule has 1 aromatic heterocycles. The number of nitrogens with zero attached hydrogens (tertiary/aromatic N) is 2. The summed E-state index contributed by atoms with van der Waals surface area (Å²) in [5.41, 5.74) is 1.62. The second-order valence-corrected chi connectivity index (χ2v) is 4.52. The number of para-hydroxylation sites is 1. The normalized spacial score (nSPS) is 10.3. The Morgan fingerprint density at radius 1 is 1.10 bits per heavy atom. The molecule has 21 heavy (non-hydrogen) atoms. The van der Waals surface area contributed by atoms with E-state index in [0.717, 1.165) is 5.39 Å². The van der Waals surface area contributed by atoms with Crippen molar-refractivity contribution < 1.29 is 9.13 Å². The molecular weight excluding hydrogens is 267 g/mol. The van der Waals surface area contributed by atoms with Crippen molar-refractivity contribution in [2.45, 2.75) is 6.61 Å². The largest absolute Gasteiger partial charge is 0.473 e. The number of halogens is 1. The van der Waals surface area contributed by atoms with E-state index in [1.165, 1.54) is 6.07 Å². The fourth-order valence-corrected chi connectivity index (χ4v) is 2.08. The smallest absolute Gasteiger partial charge is 0.215 e. The molecule has 0 amide bonds. The minimum atomic E-state index is -0.321. The maximum Gasteiger partial charge on any atom is 0.215 e. The molecule has 3 aromatic rings. The summed E-state index contributed by atoms with van der Waals surface area (Å²) in [5.74, 6) is -0.00713. The van der Waals surface area contributed by atoms with Crippen LogP contribution in [0.3, 0.4) is 0 Å². The molecule has 0 aliphatic heterocycles. The maximum absolute atomic E-state index is 13.5. The molecule has 4 heteroatoms. The second kappa shape index (κ2) is 5.59. The summed E-state index contributed by atoms with van der Waals surface area (Å²) in [4.78, 5) is 4.33. The van der Waals surface area contributed by atoms with Crippen molar-refractivity contribution >= 4 is 10.9 Å². The van der Waals surface area contributed by atoms with Crippen LogP contribution in [0, 0.1) is 17.1 Å². The van der Waals surface area contributed by atoms with Crippen LogP contribution in [0.2, 0.25) is 0 Å². The third kappa shape index (κ3) is 2.67. The van der Waals surface area contributed by atoms with Gasteiger partial charge in [-0.2, -0.15) is 5.26 Å². The van der Waals surface area contributed by atoms with Gasteiger partial charge in [0, 0.05) is 17.0 Å². The van der Waals surface area contributed by atoms with Crippen LogP contribution >= 0.6 is 0 Å². The molecular formula is C17H11FN2O. The Labute approximate surface area is 121 Å². The number of nitriles is 1. The van der Waals surface area contributed by atoms with Crippen LogP contribution in [-0.2, 0) is 6.61 Å². The fourth-order valence-electron chi connectivity index (χ4n) is 2.08. The van der Waals surface area contributed by atoms with Gasteiger partial charge in [-0.05, 0) is 12.1 Å². The first-order valence-electron chi connectivity index (χ1n) is 6.44. The van der Waals surface area contributed by atoms with E-state index in [2.05, 4.69) is 11.1 Å². The van der Waals surface area contributed by atoms with Gasteiger partial charge in [-0.25, -0.2) is 9.37 Å². The molecule has 0 spiro atoms. The molecule has 0 saturated carbocycles. The SMILES string of the molecule is N#Cc1cc(OCc2ccccc2F)nc2ccccc12. The molecule has 102 valence electrons. The molecule has 3 rings (SSSR count). The topological polar surface area (TPSA) is 45.9 Å². The van der Waals surface area contributed by atoms with Crippen molar-refractivity contribution in [3.05, 3.63) is 71.5 Å². The van der Waals surface area contributed by atoms with Crippen molar-refractivity contribution in [3.63, 3.8) is 0 Å². The number of pyridine rings is 1. The highest BCUT2D eigenvalue weighted by molar-refractivity contribution is 5.85. The lowest BCUT2D eigenvalue weighted by Crippen LogP contribution is -2.00. The van der Waals surface area contributed by atoms with Crippen molar-refractivity contribution in [1.29, 1.82) is 5.26 Å². The van der Waals surface area contributed by atoms with Crippen LogP contribution in [0.15, 0.2) is 54.6 Å². The number of rotatable bonds is 3. The van der Waals surface area contributed by atoms with Crippen molar-refractivity contribution in [1.82, 2.24) is 4.98 Å². The van der Waals surface area contributed by atoms with Crippen LogP contribution in [0.1, 0.15) is 11.1 Å². The van der Waals surface area contributed by atoms with Gasteiger partial charge in [-0.15, -0.1) is 0 Å². The van der Waals surface area contributed by atoms with Gasteiger partial charge in [-0.3, -0.25) is 0 Å². The first-order chi connectivity index (χ1) is 10.3.